The molecule has 1 aliphatic heterocycles. The van der Waals surface area contributed by atoms with Gasteiger partial charge in [-0.25, -0.2) is 8.42 Å². The molecule has 1 atom stereocenters. The van der Waals surface area contributed by atoms with Crippen molar-refractivity contribution in [2.24, 2.45) is 5.73 Å². The van der Waals surface area contributed by atoms with Gasteiger partial charge in [0.05, 0.1) is 4.34 Å². The van der Waals surface area contributed by atoms with E-state index < -0.39 is 10.0 Å². The molecule has 0 spiro atoms. The first kappa shape index (κ1) is 14.3. The SMILES string of the molecule is Cc1cc(S(=O)(=O)N2CCCCC2CN)sc1Cl. The third-order valence-corrected chi connectivity index (χ3v) is 7.20. The number of sulfonamides is 1. The normalized spacial score (nSPS) is 22.3. The lowest BCUT2D eigenvalue weighted by Crippen LogP contribution is -2.47. The average molecular weight is 309 g/mol. The zero-order chi connectivity index (χ0) is 13.3. The van der Waals surface area contributed by atoms with Gasteiger partial charge in [-0.1, -0.05) is 18.0 Å². The van der Waals surface area contributed by atoms with Crippen LogP contribution < -0.4 is 5.73 Å². The van der Waals surface area contributed by atoms with Gasteiger partial charge in [0.1, 0.15) is 4.21 Å². The first-order valence-corrected chi connectivity index (χ1v) is 8.58. The zero-order valence-electron chi connectivity index (χ0n) is 10.2. The highest BCUT2D eigenvalue weighted by molar-refractivity contribution is 7.91. The molecule has 2 rings (SSSR count). The summed E-state index contributed by atoms with van der Waals surface area (Å²) >= 11 is 7.08. The van der Waals surface area contributed by atoms with E-state index in [1.165, 1.54) is 4.31 Å². The Balaban J connectivity index is 2.35. The van der Waals surface area contributed by atoms with Crippen molar-refractivity contribution in [3.05, 3.63) is 16.0 Å². The predicted octanol–water partition coefficient (Wildman–Crippen LogP) is 2.21. The number of rotatable bonds is 3. The fourth-order valence-electron chi connectivity index (χ4n) is 2.20. The van der Waals surface area contributed by atoms with E-state index in [2.05, 4.69) is 0 Å². The Morgan fingerprint density at radius 1 is 1.56 bits per heavy atom. The number of hydrogen-bond donors (Lipinski definition) is 1. The number of nitrogens with two attached hydrogens (primary N) is 1. The van der Waals surface area contributed by atoms with E-state index in [4.69, 9.17) is 17.3 Å². The van der Waals surface area contributed by atoms with Crippen molar-refractivity contribution in [3.63, 3.8) is 0 Å². The van der Waals surface area contributed by atoms with Crippen LogP contribution in [-0.4, -0.2) is 31.9 Å². The van der Waals surface area contributed by atoms with Crippen LogP contribution in [0.25, 0.3) is 0 Å². The van der Waals surface area contributed by atoms with Crippen LogP contribution in [0.5, 0.6) is 0 Å². The van der Waals surface area contributed by atoms with Crippen molar-refractivity contribution in [1.82, 2.24) is 4.31 Å². The molecule has 1 fully saturated rings. The maximum atomic E-state index is 12.5. The van der Waals surface area contributed by atoms with Gasteiger partial charge in [0, 0.05) is 19.1 Å². The molecule has 0 aliphatic carbocycles. The molecule has 1 unspecified atom stereocenters. The van der Waals surface area contributed by atoms with Crippen LogP contribution in [0.1, 0.15) is 24.8 Å². The van der Waals surface area contributed by atoms with Crippen LogP contribution in [0.3, 0.4) is 0 Å². The van der Waals surface area contributed by atoms with E-state index in [9.17, 15) is 8.42 Å². The third kappa shape index (κ3) is 2.58. The number of nitrogens with zero attached hydrogens (tertiary/aromatic N) is 1. The van der Waals surface area contributed by atoms with Crippen LogP contribution in [0.4, 0.5) is 0 Å². The van der Waals surface area contributed by atoms with Gasteiger partial charge in [0.25, 0.3) is 10.0 Å². The standard InChI is InChI=1S/C11H17ClN2O2S2/c1-8-6-10(17-11(8)12)18(15,16)14-5-3-2-4-9(14)7-13/h6,9H,2-5,7,13H2,1H3. The molecule has 0 amide bonds. The molecule has 18 heavy (non-hydrogen) atoms. The third-order valence-electron chi connectivity index (χ3n) is 3.24. The Labute approximate surface area is 117 Å². The molecule has 0 aromatic carbocycles. The van der Waals surface area contributed by atoms with Crippen molar-refractivity contribution in [2.75, 3.05) is 13.1 Å². The Morgan fingerprint density at radius 3 is 2.83 bits per heavy atom. The van der Waals surface area contributed by atoms with Gasteiger partial charge in [0.15, 0.2) is 0 Å². The highest BCUT2D eigenvalue weighted by atomic mass is 35.5. The lowest BCUT2D eigenvalue weighted by atomic mass is 10.1. The van der Waals surface area contributed by atoms with Gasteiger partial charge in [0.2, 0.25) is 0 Å². The second kappa shape index (κ2) is 5.46. The molecular formula is C11H17ClN2O2S2. The monoisotopic (exact) mass is 308 g/mol. The molecule has 7 heteroatoms. The molecule has 1 aromatic rings. The van der Waals surface area contributed by atoms with Crippen molar-refractivity contribution in [3.8, 4) is 0 Å². The van der Waals surface area contributed by atoms with Gasteiger partial charge in [-0.05, 0) is 31.4 Å². The highest BCUT2D eigenvalue weighted by Gasteiger charge is 2.33. The summed E-state index contributed by atoms with van der Waals surface area (Å²) < 4.78 is 27.5. The molecule has 1 saturated heterocycles. The average Bonchev–Trinajstić information content (AvgIpc) is 2.70. The summed E-state index contributed by atoms with van der Waals surface area (Å²) in [5.74, 6) is 0. The molecule has 0 bridgehead atoms. The number of aryl methyl sites for hydroxylation is 1. The second-order valence-corrected chi connectivity index (χ2v) is 8.29. The van der Waals surface area contributed by atoms with Crippen LogP contribution in [0.2, 0.25) is 4.34 Å². The van der Waals surface area contributed by atoms with Gasteiger partial charge >= 0.3 is 0 Å². The number of hydrogen-bond acceptors (Lipinski definition) is 4. The Kier molecular flexibility index (Phi) is 4.33. The van der Waals surface area contributed by atoms with Gasteiger partial charge in [-0.3, -0.25) is 0 Å². The summed E-state index contributed by atoms with van der Waals surface area (Å²) in [6, 6.07) is 1.56. The van der Waals surface area contributed by atoms with Gasteiger partial charge < -0.3 is 5.73 Å². The molecule has 1 aromatic heterocycles. The van der Waals surface area contributed by atoms with Crippen LogP contribution in [0, 0.1) is 6.92 Å². The van der Waals surface area contributed by atoms with Crippen molar-refractivity contribution >= 4 is 33.0 Å². The molecule has 4 nitrogen and oxygen atoms in total. The van der Waals surface area contributed by atoms with Gasteiger partial charge in [-0.2, -0.15) is 4.31 Å². The summed E-state index contributed by atoms with van der Waals surface area (Å²) in [6.45, 7) is 2.74. The quantitative estimate of drug-likeness (QED) is 0.931. The zero-order valence-corrected chi connectivity index (χ0v) is 12.6. The number of halogens is 1. The number of thiophene rings is 1. The van der Waals surface area contributed by atoms with E-state index in [0.717, 1.165) is 36.2 Å². The van der Waals surface area contributed by atoms with E-state index in [1.807, 2.05) is 6.92 Å². The minimum Gasteiger partial charge on any atom is -0.329 e. The maximum absolute atomic E-state index is 12.5. The van der Waals surface area contributed by atoms with Crippen molar-refractivity contribution in [1.29, 1.82) is 0 Å². The largest absolute Gasteiger partial charge is 0.329 e. The van der Waals surface area contributed by atoms with Gasteiger partial charge in [-0.15, -0.1) is 11.3 Å². The van der Waals surface area contributed by atoms with E-state index >= 15 is 0 Å². The summed E-state index contributed by atoms with van der Waals surface area (Å²) in [5, 5.41) is 0. The maximum Gasteiger partial charge on any atom is 0.252 e. The summed E-state index contributed by atoms with van der Waals surface area (Å²) in [5.41, 5.74) is 6.48. The molecule has 0 radical (unpaired) electrons. The van der Waals surface area contributed by atoms with E-state index in [1.54, 1.807) is 6.07 Å². The van der Waals surface area contributed by atoms with Crippen LogP contribution in [-0.2, 0) is 10.0 Å². The Hall–Kier alpha value is -0.140. The predicted molar refractivity (Wildman–Crippen MR) is 74.7 cm³/mol. The lowest BCUT2D eigenvalue weighted by molar-refractivity contribution is 0.258. The summed E-state index contributed by atoms with van der Waals surface area (Å²) in [4.78, 5) is 0. The smallest absolute Gasteiger partial charge is 0.252 e. The molecular weight excluding hydrogens is 292 g/mol. The first-order valence-electron chi connectivity index (χ1n) is 5.94. The number of piperidine rings is 1. The second-order valence-electron chi connectivity index (χ2n) is 4.52. The van der Waals surface area contributed by atoms with Crippen molar-refractivity contribution < 1.29 is 8.42 Å². The Bertz CT molecular complexity index is 508. The van der Waals surface area contributed by atoms with Crippen LogP contribution >= 0.6 is 22.9 Å². The fraction of sp³-hybridized carbons (Fsp3) is 0.636. The molecule has 0 saturated carbocycles. The van der Waals surface area contributed by atoms with Crippen molar-refractivity contribution in [2.45, 2.75) is 36.4 Å². The Morgan fingerprint density at radius 2 is 2.28 bits per heavy atom. The minimum absolute atomic E-state index is 0.0788. The summed E-state index contributed by atoms with van der Waals surface area (Å²) in [6.07, 6.45) is 2.78. The van der Waals surface area contributed by atoms with E-state index in [0.29, 0.717) is 21.6 Å². The molecule has 2 N–H and O–H groups in total. The van der Waals surface area contributed by atoms with Crippen LogP contribution in [0.15, 0.2) is 10.3 Å². The summed E-state index contributed by atoms with van der Waals surface area (Å²) in [7, 11) is -3.44. The molecule has 1 aliphatic rings. The minimum atomic E-state index is -3.44. The molecule has 2 heterocycles. The molecule has 102 valence electrons. The first-order chi connectivity index (χ1) is 8.46. The van der Waals surface area contributed by atoms with E-state index in [-0.39, 0.29) is 6.04 Å². The highest BCUT2D eigenvalue weighted by Crippen LogP contribution is 2.34. The fourth-order valence-corrected chi connectivity index (χ4v) is 5.74. The topological polar surface area (TPSA) is 63.4 Å². The lowest BCUT2D eigenvalue weighted by Gasteiger charge is -2.33.